The molecule has 2 N–H and O–H groups in total. The van der Waals surface area contributed by atoms with Gasteiger partial charge in [-0.15, -0.1) is 24.0 Å². The van der Waals surface area contributed by atoms with Gasteiger partial charge in [-0.05, 0) is 38.8 Å². The first-order valence-electron chi connectivity index (χ1n) is 7.19. The minimum absolute atomic E-state index is 0. The molecule has 0 amide bonds. The lowest BCUT2D eigenvalue weighted by atomic mass is 10.2. The summed E-state index contributed by atoms with van der Waals surface area (Å²) in [6.45, 7) is 6.09. The zero-order valence-corrected chi connectivity index (χ0v) is 15.6. The Morgan fingerprint density at radius 1 is 1.38 bits per heavy atom. The van der Waals surface area contributed by atoms with Crippen LogP contribution in [0.15, 0.2) is 23.2 Å². The predicted molar refractivity (Wildman–Crippen MR) is 99.0 cm³/mol. The number of nitrogens with one attached hydrogen (secondary N) is 2. The van der Waals surface area contributed by atoms with E-state index < -0.39 is 0 Å². The Kier molecular flexibility index (Phi) is 8.18. The summed E-state index contributed by atoms with van der Waals surface area (Å²) >= 11 is 6.00. The largest absolute Gasteiger partial charge is 0.493 e. The van der Waals surface area contributed by atoms with Crippen molar-refractivity contribution in [3.63, 3.8) is 0 Å². The van der Waals surface area contributed by atoms with Crippen molar-refractivity contribution in [1.29, 1.82) is 0 Å². The lowest BCUT2D eigenvalue weighted by Crippen LogP contribution is -2.38. The van der Waals surface area contributed by atoms with Crippen molar-refractivity contribution >= 4 is 41.5 Å². The summed E-state index contributed by atoms with van der Waals surface area (Å²) in [6.07, 6.45) is 2.46. The van der Waals surface area contributed by atoms with Crippen LogP contribution in [0.4, 0.5) is 0 Å². The van der Waals surface area contributed by atoms with E-state index in [2.05, 4.69) is 22.5 Å². The van der Waals surface area contributed by atoms with Gasteiger partial charge in [0.15, 0.2) is 5.96 Å². The van der Waals surface area contributed by atoms with Gasteiger partial charge < -0.3 is 15.4 Å². The minimum atomic E-state index is 0. The maximum atomic E-state index is 6.00. The molecule has 0 spiro atoms. The Hall–Kier alpha value is -0.690. The van der Waals surface area contributed by atoms with Gasteiger partial charge in [0.2, 0.25) is 0 Å². The van der Waals surface area contributed by atoms with E-state index in [1.54, 1.807) is 0 Å². The van der Waals surface area contributed by atoms with Crippen LogP contribution in [0, 0.1) is 0 Å². The highest BCUT2D eigenvalue weighted by molar-refractivity contribution is 14.0. The average Bonchev–Trinajstić information content (AvgIpc) is 3.22. The molecule has 0 aromatic heterocycles. The summed E-state index contributed by atoms with van der Waals surface area (Å²) in [5.41, 5.74) is 1.05. The highest BCUT2D eigenvalue weighted by Gasteiger charge is 2.22. The smallest absolute Gasteiger partial charge is 0.191 e. The molecule has 1 saturated carbocycles. The fourth-order valence-electron chi connectivity index (χ4n) is 1.85. The molecular weight excluding hydrogens is 401 g/mol. The number of rotatable bonds is 6. The van der Waals surface area contributed by atoms with E-state index in [1.165, 1.54) is 12.8 Å². The molecule has 4 nitrogen and oxygen atoms in total. The van der Waals surface area contributed by atoms with Gasteiger partial charge in [-0.3, -0.25) is 0 Å². The van der Waals surface area contributed by atoms with Crippen LogP contribution in [0.2, 0.25) is 5.02 Å². The fraction of sp³-hybridized carbons (Fsp3) is 0.533. The van der Waals surface area contributed by atoms with Crippen LogP contribution in [0.25, 0.3) is 0 Å². The van der Waals surface area contributed by atoms with Crippen molar-refractivity contribution < 1.29 is 4.74 Å². The fourth-order valence-corrected chi connectivity index (χ4v) is 2.02. The molecule has 1 aliphatic rings. The van der Waals surface area contributed by atoms with Crippen molar-refractivity contribution in [2.24, 2.45) is 4.99 Å². The van der Waals surface area contributed by atoms with Crippen molar-refractivity contribution in [2.75, 3.05) is 13.2 Å². The molecule has 2 rings (SSSR count). The van der Waals surface area contributed by atoms with Gasteiger partial charge in [0.1, 0.15) is 5.75 Å². The first-order chi connectivity index (χ1) is 9.72. The van der Waals surface area contributed by atoms with E-state index in [4.69, 9.17) is 16.3 Å². The third-order valence-electron chi connectivity index (χ3n) is 3.00. The molecule has 1 fully saturated rings. The lowest BCUT2D eigenvalue weighted by Gasteiger charge is -2.12. The molecule has 0 heterocycles. The van der Waals surface area contributed by atoms with Crippen LogP contribution in [-0.2, 0) is 6.54 Å². The summed E-state index contributed by atoms with van der Waals surface area (Å²) in [5, 5.41) is 7.34. The lowest BCUT2D eigenvalue weighted by molar-refractivity contribution is 0.336. The van der Waals surface area contributed by atoms with Crippen LogP contribution in [0.5, 0.6) is 5.75 Å². The third kappa shape index (κ3) is 6.30. The van der Waals surface area contributed by atoms with Gasteiger partial charge in [0, 0.05) is 23.2 Å². The van der Waals surface area contributed by atoms with E-state index in [1.807, 2.05) is 25.1 Å². The number of hydrogen-bond acceptors (Lipinski definition) is 2. The number of nitrogens with zero attached hydrogens (tertiary/aromatic N) is 1. The highest BCUT2D eigenvalue weighted by atomic mass is 127. The Morgan fingerprint density at radius 2 is 2.14 bits per heavy atom. The van der Waals surface area contributed by atoms with Crippen LogP contribution in [0.3, 0.4) is 0 Å². The van der Waals surface area contributed by atoms with E-state index in [-0.39, 0.29) is 24.0 Å². The molecule has 6 heteroatoms. The Morgan fingerprint density at radius 3 is 2.76 bits per heavy atom. The molecule has 1 aliphatic carbocycles. The first-order valence-corrected chi connectivity index (χ1v) is 7.56. The summed E-state index contributed by atoms with van der Waals surface area (Å²) in [6, 6.07) is 6.27. The van der Waals surface area contributed by atoms with Crippen LogP contribution < -0.4 is 15.4 Å². The molecular formula is C15H23ClIN3O. The summed E-state index contributed by atoms with van der Waals surface area (Å²) in [7, 11) is 0. The predicted octanol–water partition coefficient (Wildman–Crippen LogP) is 3.57. The van der Waals surface area contributed by atoms with E-state index in [9.17, 15) is 0 Å². The van der Waals surface area contributed by atoms with Crippen molar-refractivity contribution in [1.82, 2.24) is 10.6 Å². The SMILES string of the molecule is CCNC(=NCc1ccc(Cl)cc1OCC)NC1CC1.I. The Balaban J connectivity index is 0.00000220. The molecule has 0 atom stereocenters. The normalized spacial score (nSPS) is 14.3. The van der Waals surface area contributed by atoms with Gasteiger partial charge in [0.05, 0.1) is 13.2 Å². The van der Waals surface area contributed by atoms with E-state index in [0.29, 0.717) is 24.2 Å². The Labute approximate surface area is 148 Å². The monoisotopic (exact) mass is 423 g/mol. The maximum Gasteiger partial charge on any atom is 0.191 e. The average molecular weight is 424 g/mol. The first kappa shape index (κ1) is 18.4. The molecule has 0 radical (unpaired) electrons. The summed E-state index contributed by atoms with van der Waals surface area (Å²) < 4.78 is 5.61. The molecule has 0 bridgehead atoms. The second-order valence-electron chi connectivity index (χ2n) is 4.80. The number of ether oxygens (including phenoxy) is 1. The molecule has 0 unspecified atom stereocenters. The minimum Gasteiger partial charge on any atom is -0.493 e. The molecule has 0 saturated heterocycles. The van der Waals surface area contributed by atoms with Gasteiger partial charge in [-0.25, -0.2) is 4.99 Å². The van der Waals surface area contributed by atoms with Gasteiger partial charge in [0.25, 0.3) is 0 Å². The number of guanidine groups is 1. The van der Waals surface area contributed by atoms with Gasteiger partial charge in [-0.1, -0.05) is 17.7 Å². The quantitative estimate of drug-likeness (QED) is 0.418. The van der Waals surface area contributed by atoms with Crippen molar-refractivity contribution in [3.8, 4) is 5.75 Å². The molecule has 1 aromatic carbocycles. The van der Waals surface area contributed by atoms with Crippen molar-refractivity contribution in [2.45, 2.75) is 39.3 Å². The maximum absolute atomic E-state index is 6.00. The molecule has 1 aromatic rings. The number of halogens is 2. The summed E-state index contributed by atoms with van der Waals surface area (Å²) in [5.74, 6) is 1.68. The number of aliphatic imine (C=N–C) groups is 1. The zero-order chi connectivity index (χ0) is 14.4. The van der Waals surface area contributed by atoms with E-state index in [0.717, 1.165) is 23.8 Å². The summed E-state index contributed by atoms with van der Waals surface area (Å²) in [4.78, 5) is 4.61. The highest BCUT2D eigenvalue weighted by Crippen LogP contribution is 2.24. The second kappa shape index (κ2) is 9.35. The second-order valence-corrected chi connectivity index (χ2v) is 5.24. The van der Waals surface area contributed by atoms with Gasteiger partial charge in [-0.2, -0.15) is 0 Å². The molecule has 21 heavy (non-hydrogen) atoms. The number of hydrogen-bond donors (Lipinski definition) is 2. The molecule has 118 valence electrons. The number of benzene rings is 1. The van der Waals surface area contributed by atoms with Gasteiger partial charge >= 0.3 is 0 Å². The zero-order valence-electron chi connectivity index (χ0n) is 12.5. The molecule has 0 aliphatic heterocycles. The van der Waals surface area contributed by atoms with Crippen LogP contribution >= 0.6 is 35.6 Å². The van der Waals surface area contributed by atoms with Crippen LogP contribution in [-0.4, -0.2) is 25.2 Å². The van der Waals surface area contributed by atoms with Crippen molar-refractivity contribution in [3.05, 3.63) is 28.8 Å². The Bertz CT molecular complexity index is 478. The van der Waals surface area contributed by atoms with E-state index >= 15 is 0 Å². The van der Waals surface area contributed by atoms with Crippen LogP contribution in [0.1, 0.15) is 32.3 Å². The topological polar surface area (TPSA) is 45.7 Å². The third-order valence-corrected chi connectivity index (χ3v) is 3.23. The standard InChI is InChI=1S/C15H22ClN3O.HI/c1-3-17-15(19-13-7-8-13)18-10-11-5-6-12(16)9-14(11)20-4-2;/h5-6,9,13H,3-4,7-8,10H2,1-2H3,(H2,17,18,19);1H.